The zero-order valence-corrected chi connectivity index (χ0v) is 12.2. The Labute approximate surface area is 122 Å². The number of hydrogen-bond donors (Lipinski definition) is 1. The second-order valence-electron chi connectivity index (χ2n) is 4.15. The number of anilines is 1. The van der Waals surface area contributed by atoms with E-state index < -0.39 is 10.0 Å². The summed E-state index contributed by atoms with van der Waals surface area (Å²) in [6.07, 6.45) is 2.58. The summed E-state index contributed by atoms with van der Waals surface area (Å²) in [6.45, 7) is 1.37. The van der Waals surface area contributed by atoms with E-state index in [0.29, 0.717) is 5.56 Å². The van der Waals surface area contributed by atoms with Gasteiger partial charge in [0.15, 0.2) is 5.78 Å². The summed E-state index contributed by atoms with van der Waals surface area (Å²) in [6, 6.07) is 5.92. The molecule has 0 spiro atoms. The predicted molar refractivity (Wildman–Crippen MR) is 75.8 cm³/mol. The fourth-order valence-electron chi connectivity index (χ4n) is 1.57. The Morgan fingerprint density at radius 1 is 1.24 bits per heavy atom. The van der Waals surface area contributed by atoms with E-state index in [1.54, 1.807) is 6.07 Å². The zero-order valence-electron chi connectivity index (χ0n) is 11.4. The van der Waals surface area contributed by atoms with Crippen molar-refractivity contribution in [3.63, 3.8) is 0 Å². The number of nitrogens with one attached hydrogen (secondary N) is 1. The van der Waals surface area contributed by atoms with Crippen LogP contribution in [-0.4, -0.2) is 31.3 Å². The molecule has 0 aliphatic rings. The molecule has 110 valence electrons. The summed E-state index contributed by atoms with van der Waals surface area (Å²) in [4.78, 5) is 18.9. The Bertz CT molecular complexity index is 757. The Hall–Kier alpha value is -2.48. The maximum Gasteiger partial charge on any atom is 0.316 e. The summed E-state index contributed by atoms with van der Waals surface area (Å²) in [7, 11) is -2.40. The summed E-state index contributed by atoms with van der Waals surface area (Å²) >= 11 is 0. The Kier molecular flexibility index (Phi) is 4.18. The van der Waals surface area contributed by atoms with Crippen molar-refractivity contribution in [1.29, 1.82) is 0 Å². The van der Waals surface area contributed by atoms with Crippen molar-refractivity contribution in [2.24, 2.45) is 0 Å². The molecule has 0 fully saturated rings. The SMILES string of the molecule is COc1ncc(NS(=O)(=O)c2cccc(C(C)=O)c2)cn1. The van der Waals surface area contributed by atoms with Crippen LogP contribution in [0.4, 0.5) is 5.69 Å². The van der Waals surface area contributed by atoms with Crippen molar-refractivity contribution in [2.75, 3.05) is 11.8 Å². The van der Waals surface area contributed by atoms with Gasteiger partial charge in [-0.05, 0) is 19.1 Å². The molecule has 0 unspecified atom stereocenters. The molecule has 8 heteroatoms. The van der Waals surface area contributed by atoms with E-state index in [9.17, 15) is 13.2 Å². The number of hydrogen-bond acceptors (Lipinski definition) is 6. The highest BCUT2D eigenvalue weighted by molar-refractivity contribution is 7.92. The van der Waals surface area contributed by atoms with Crippen LogP contribution in [0.3, 0.4) is 0 Å². The van der Waals surface area contributed by atoms with Crippen molar-refractivity contribution in [2.45, 2.75) is 11.8 Å². The number of carbonyl (C=O) groups is 1. The van der Waals surface area contributed by atoms with Crippen LogP contribution >= 0.6 is 0 Å². The van der Waals surface area contributed by atoms with Gasteiger partial charge in [-0.25, -0.2) is 18.4 Å². The largest absolute Gasteiger partial charge is 0.467 e. The van der Waals surface area contributed by atoms with E-state index in [1.807, 2.05) is 0 Å². The van der Waals surface area contributed by atoms with E-state index in [0.717, 1.165) is 0 Å². The molecule has 0 radical (unpaired) electrons. The van der Waals surface area contributed by atoms with Gasteiger partial charge in [-0.2, -0.15) is 0 Å². The third-order valence-corrected chi connectivity index (χ3v) is 3.99. The molecule has 1 aromatic carbocycles. The van der Waals surface area contributed by atoms with Crippen LogP contribution in [0, 0.1) is 0 Å². The Balaban J connectivity index is 2.29. The fourth-order valence-corrected chi connectivity index (χ4v) is 2.64. The Morgan fingerprint density at radius 3 is 2.48 bits per heavy atom. The second-order valence-corrected chi connectivity index (χ2v) is 5.83. The summed E-state index contributed by atoms with van der Waals surface area (Å²) in [5, 5.41) is 0. The molecule has 0 bridgehead atoms. The maximum absolute atomic E-state index is 12.2. The van der Waals surface area contributed by atoms with Crippen LogP contribution in [0.15, 0.2) is 41.6 Å². The monoisotopic (exact) mass is 307 g/mol. The van der Waals surface area contributed by atoms with Gasteiger partial charge in [-0.15, -0.1) is 0 Å². The van der Waals surface area contributed by atoms with Gasteiger partial charge in [0.1, 0.15) is 0 Å². The number of nitrogens with zero attached hydrogens (tertiary/aromatic N) is 2. The number of ether oxygens (including phenoxy) is 1. The van der Waals surface area contributed by atoms with Crippen LogP contribution in [0.2, 0.25) is 0 Å². The van der Waals surface area contributed by atoms with Gasteiger partial charge >= 0.3 is 6.01 Å². The van der Waals surface area contributed by atoms with Gasteiger partial charge in [0.25, 0.3) is 10.0 Å². The average molecular weight is 307 g/mol. The van der Waals surface area contributed by atoms with Crippen molar-refractivity contribution < 1.29 is 17.9 Å². The number of rotatable bonds is 5. The molecule has 0 saturated carbocycles. The van der Waals surface area contributed by atoms with E-state index >= 15 is 0 Å². The minimum atomic E-state index is -3.81. The summed E-state index contributed by atoms with van der Waals surface area (Å²) < 4.78 is 31.6. The van der Waals surface area contributed by atoms with Gasteiger partial charge in [-0.3, -0.25) is 9.52 Å². The number of carbonyl (C=O) groups excluding carboxylic acids is 1. The van der Waals surface area contributed by atoms with Crippen LogP contribution in [0.25, 0.3) is 0 Å². The second kappa shape index (κ2) is 5.88. The Morgan fingerprint density at radius 2 is 1.90 bits per heavy atom. The van der Waals surface area contributed by atoms with E-state index in [4.69, 9.17) is 4.74 Å². The first-order valence-corrected chi connectivity index (χ1v) is 7.40. The molecule has 2 aromatic rings. The molecule has 2 rings (SSSR count). The van der Waals surface area contributed by atoms with Gasteiger partial charge in [0.2, 0.25) is 0 Å². The summed E-state index contributed by atoms with van der Waals surface area (Å²) in [5.41, 5.74) is 0.521. The molecule has 0 atom stereocenters. The number of benzene rings is 1. The molecule has 0 amide bonds. The first-order valence-electron chi connectivity index (χ1n) is 5.92. The lowest BCUT2D eigenvalue weighted by Gasteiger charge is -2.08. The number of Topliss-reactive ketones (excluding diaryl/α,β-unsaturated/α-hetero) is 1. The molecule has 1 aromatic heterocycles. The topological polar surface area (TPSA) is 98.2 Å². The number of sulfonamides is 1. The standard InChI is InChI=1S/C13H13N3O4S/c1-9(17)10-4-3-5-12(6-10)21(18,19)16-11-7-14-13(20-2)15-8-11/h3-8,16H,1-2H3. The first-order chi connectivity index (χ1) is 9.92. The van der Waals surface area contributed by atoms with Gasteiger partial charge in [0.05, 0.1) is 30.1 Å². The normalized spacial score (nSPS) is 11.0. The van der Waals surface area contributed by atoms with Crippen molar-refractivity contribution >= 4 is 21.5 Å². The highest BCUT2D eigenvalue weighted by Gasteiger charge is 2.16. The molecule has 1 N–H and O–H groups in total. The number of ketones is 1. The zero-order chi connectivity index (χ0) is 15.5. The lowest BCUT2D eigenvalue weighted by Crippen LogP contribution is -2.14. The molecule has 0 aliphatic carbocycles. The van der Waals surface area contributed by atoms with E-state index in [-0.39, 0.29) is 22.4 Å². The molecule has 1 heterocycles. The smallest absolute Gasteiger partial charge is 0.316 e. The third-order valence-electron chi connectivity index (χ3n) is 2.61. The third kappa shape index (κ3) is 3.54. The molecule has 0 aliphatic heterocycles. The molecular formula is C13H13N3O4S. The van der Waals surface area contributed by atoms with Crippen LogP contribution in [-0.2, 0) is 10.0 Å². The first kappa shape index (κ1) is 14.9. The molecule has 7 nitrogen and oxygen atoms in total. The van der Waals surface area contributed by atoms with Gasteiger partial charge in [0, 0.05) is 5.56 Å². The van der Waals surface area contributed by atoms with Crippen molar-refractivity contribution in [3.8, 4) is 6.01 Å². The van der Waals surface area contributed by atoms with Crippen LogP contribution < -0.4 is 9.46 Å². The number of aromatic nitrogens is 2. The fraction of sp³-hybridized carbons (Fsp3) is 0.154. The van der Waals surface area contributed by atoms with Crippen molar-refractivity contribution in [3.05, 3.63) is 42.2 Å². The van der Waals surface area contributed by atoms with Crippen molar-refractivity contribution in [1.82, 2.24) is 9.97 Å². The predicted octanol–water partition coefficient (Wildman–Crippen LogP) is 1.49. The average Bonchev–Trinajstić information content (AvgIpc) is 2.48. The molecule has 21 heavy (non-hydrogen) atoms. The highest BCUT2D eigenvalue weighted by atomic mass is 32.2. The van der Waals surface area contributed by atoms with E-state index in [2.05, 4.69) is 14.7 Å². The lowest BCUT2D eigenvalue weighted by atomic mass is 10.2. The number of methoxy groups -OCH3 is 1. The lowest BCUT2D eigenvalue weighted by molar-refractivity contribution is 0.101. The minimum absolute atomic E-state index is 0.00832. The van der Waals surface area contributed by atoms with Gasteiger partial charge in [-0.1, -0.05) is 12.1 Å². The quantitative estimate of drug-likeness (QED) is 0.840. The summed E-state index contributed by atoms with van der Waals surface area (Å²) in [5.74, 6) is -0.208. The molecular weight excluding hydrogens is 294 g/mol. The maximum atomic E-state index is 12.2. The van der Waals surface area contributed by atoms with E-state index in [1.165, 1.54) is 44.6 Å². The van der Waals surface area contributed by atoms with Gasteiger partial charge < -0.3 is 4.74 Å². The minimum Gasteiger partial charge on any atom is -0.467 e. The van der Waals surface area contributed by atoms with Crippen LogP contribution in [0.5, 0.6) is 6.01 Å². The van der Waals surface area contributed by atoms with Crippen LogP contribution in [0.1, 0.15) is 17.3 Å². The molecule has 0 saturated heterocycles. The highest BCUT2D eigenvalue weighted by Crippen LogP contribution is 2.17.